The maximum atomic E-state index is 12.4. The largest absolute Gasteiger partial charge is 0.490 e. The van der Waals surface area contributed by atoms with Gasteiger partial charge in [-0.05, 0) is 99.7 Å². The Labute approximate surface area is 192 Å². The number of allylic oxidation sites excluding steroid dienone is 1. The third-order valence-electron chi connectivity index (χ3n) is 4.09. The van der Waals surface area contributed by atoms with Crippen molar-refractivity contribution < 1.29 is 14.3 Å². The molecule has 6 nitrogen and oxygen atoms in total. The number of nitrogens with one attached hydrogen (secondary N) is 1. The summed E-state index contributed by atoms with van der Waals surface area (Å²) in [6.45, 7) is 5.94. The summed E-state index contributed by atoms with van der Waals surface area (Å²) < 4.78 is 12.7. The van der Waals surface area contributed by atoms with Gasteiger partial charge >= 0.3 is 0 Å². The zero-order valence-corrected chi connectivity index (χ0v) is 19.8. The molecule has 0 aliphatic rings. The maximum absolute atomic E-state index is 12.4. The topological polar surface area (TPSA) is 95.1 Å². The normalized spacial score (nSPS) is 9.83. The number of nitrogens with zero attached hydrogens (tertiary/aromatic N) is 2. The molecule has 0 atom stereocenters. The number of rotatable bonds is 7. The number of hydrogen-bond acceptors (Lipinski definition) is 5. The molecule has 1 amide bonds. The predicted octanol–water partition coefficient (Wildman–Crippen LogP) is 5.68. The van der Waals surface area contributed by atoms with Crippen LogP contribution >= 0.6 is 31.9 Å². The van der Waals surface area contributed by atoms with E-state index in [9.17, 15) is 4.79 Å². The second-order valence-electron chi connectivity index (χ2n) is 6.30. The van der Waals surface area contributed by atoms with Crippen molar-refractivity contribution in [2.75, 3.05) is 18.5 Å². The van der Waals surface area contributed by atoms with E-state index >= 15 is 0 Å². The molecule has 1 N–H and O–H groups in total. The Morgan fingerprint density at radius 2 is 1.73 bits per heavy atom. The number of carbonyl (C=O) groups excluding carboxylic acids is 1. The summed E-state index contributed by atoms with van der Waals surface area (Å²) in [4.78, 5) is 12.4. The van der Waals surface area contributed by atoms with Crippen molar-refractivity contribution in [3.05, 3.63) is 55.5 Å². The summed E-state index contributed by atoms with van der Waals surface area (Å²) in [6.07, 6.45) is 1.45. The van der Waals surface area contributed by atoms with E-state index < -0.39 is 0 Å². The average Bonchev–Trinajstić information content (AvgIpc) is 2.69. The summed E-state index contributed by atoms with van der Waals surface area (Å²) in [6, 6.07) is 10.8. The van der Waals surface area contributed by atoms with Gasteiger partial charge in [-0.15, -0.1) is 0 Å². The van der Waals surface area contributed by atoms with Crippen molar-refractivity contribution in [3.63, 3.8) is 0 Å². The number of anilines is 1. The lowest BCUT2D eigenvalue weighted by Crippen LogP contribution is -2.21. The standard InChI is InChI=1S/C22H19Br2N3O3/c1-4-29-20-9-15(7-16(10-25)11-26)8-18(24)22(20)30-12-21(28)27-19-6-14(3)13(2)5-17(19)23/h5-9H,4,12H2,1-3H3,(H,27,28). The van der Waals surface area contributed by atoms with E-state index in [1.54, 1.807) is 12.1 Å². The molecule has 0 aromatic heterocycles. The Morgan fingerprint density at radius 1 is 1.07 bits per heavy atom. The molecule has 2 aromatic rings. The van der Waals surface area contributed by atoms with Gasteiger partial charge in [0.15, 0.2) is 18.1 Å². The van der Waals surface area contributed by atoms with Crippen LogP contribution in [0.2, 0.25) is 0 Å². The highest BCUT2D eigenvalue weighted by molar-refractivity contribution is 9.11. The summed E-state index contributed by atoms with van der Waals surface area (Å²) >= 11 is 6.86. The van der Waals surface area contributed by atoms with Crippen molar-refractivity contribution in [1.82, 2.24) is 0 Å². The van der Waals surface area contributed by atoms with E-state index in [1.165, 1.54) is 6.08 Å². The van der Waals surface area contributed by atoms with E-state index in [-0.39, 0.29) is 18.1 Å². The molecule has 0 unspecified atom stereocenters. The van der Waals surface area contributed by atoms with Gasteiger partial charge in [-0.3, -0.25) is 4.79 Å². The number of ether oxygens (including phenoxy) is 2. The zero-order valence-electron chi connectivity index (χ0n) is 16.7. The lowest BCUT2D eigenvalue weighted by atomic mass is 10.1. The number of hydrogen-bond donors (Lipinski definition) is 1. The molecule has 2 rings (SSSR count). The molecule has 0 spiro atoms. The fourth-order valence-electron chi connectivity index (χ4n) is 2.53. The van der Waals surface area contributed by atoms with Gasteiger partial charge in [-0.25, -0.2) is 0 Å². The van der Waals surface area contributed by atoms with Crippen LogP contribution in [0, 0.1) is 36.5 Å². The van der Waals surface area contributed by atoms with Gasteiger partial charge in [-0.2, -0.15) is 10.5 Å². The monoisotopic (exact) mass is 531 g/mol. The highest BCUT2D eigenvalue weighted by Gasteiger charge is 2.15. The molecular weight excluding hydrogens is 514 g/mol. The number of halogens is 2. The molecule has 0 fully saturated rings. The highest BCUT2D eigenvalue weighted by atomic mass is 79.9. The van der Waals surface area contributed by atoms with Crippen LogP contribution in [0.3, 0.4) is 0 Å². The van der Waals surface area contributed by atoms with E-state index in [0.29, 0.717) is 33.8 Å². The molecule has 154 valence electrons. The van der Waals surface area contributed by atoms with Gasteiger partial charge in [0, 0.05) is 4.47 Å². The van der Waals surface area contributed by atoms with Gasteiger partial charge in [0.2, 0.25) is 0 Å². The zero-order chi connectivity index (χ0) is 22.3. The van der Waals surface area contributed by atoms with Gasteiger partial charge in [0.05, 0.1) is 16.8 Å². The average molecular weight is 533 g/mol. The van der Waals surface area contributed by atoms with Crippen LogP contribution in [0.1, 0.15) is 23.6 Å². The van der Waals surface area contributed by atoms with Crippen LogP contribution in [0.5, 0.6) is 11.5 Å². The lowest BCUT2D eigenvalue weighted by molar-refractivity contribution is -0.118. The molecule has 0 heterocycles. The Morgan fingerprint density at radius 3 is 2.37 bits per heavy atom. The van der Waals surface area contributed by atoms with Gasteiger partial charge < -0.3 is 14.8 Å². The molecular formula is C22H19Br2N3O3. The predicted molar refractivity (Wildman–Crippen MR) is 122 cm³/mol. The van der Waals surface area contributed by atoms with Gasteiger partial charge in [0.25, 0.3) is 5.91 Å². The summed E-state index contributed by atoms with van der Waals surface area (Å²) in [5.41, 5.74) is 3.41. The molecule has 0 radical (unpaired) electrons. The van der Waals surface area contributed by atoms with Crippen LogP contribution in [-0.2, 0) is 4.79 Å². The fraction of sp³-hybridized carbons (Fsp3) is 0.227. The van der Waals surface area contributed by atoms with Gasteiger partial charge in [0.1, 0.15) is 17.7 Å². The van der Waals surface area contributed by atoms with Crippen molar-refractivity contribution in [2.24, 2.45) is 0 Å². The highest BCUT2D eigenvalue weighted by Crippen LogP contribution is 2.37. The minimum atomic E-state index is -0.325. The second kappa shape index (κ2) is 10.8. The fourth-order valence-corrected chi connectivity index (χ4v) is 3.66. The van der Waals surface area contributed by atoms with E-state index in [1.807, 2.05) is 45.0 Å². The molecule has 8 heteroatoms. The molecule has 0 aliphatic heterocycles. The number of aryl methyl sites for hydroxylation is 2. The summed E-state index contributed by atoms with van der Waals surface area (Å²) in [5, 5.41) is 20.7. The van der Waals surface area contributed by atoms with Crippen molar-refractivity contribution in [3.8, 4) is 23.6 Å². The van der Waals surface area contributed by atoms with Gasteiger partial charge in [-0.1, -0.05) is 0 Å². The first-order valence-electron chi connectivity index (χ1n) is 8.96. The second-order valence-corrected chi connectivity index (χ2v) is 8.01. The first-order chi connectivity index (χ1) is 14.3. The first-order valence-corrected chi connectivity index (χ1v) is 10.5. The molecule has 30 heavy (non-hydrogen) atoms. The van der Waals surface area contributed by atoms with Crippen LogP contribution in [0.15, 0.2) is 38.8 Å². The quantitative estimate of drug-likeness (QED) is 0.463. The van der Waals surface area contributed by atoms with E-state index in [0.717, 1.165) is 15.6 Å². The van der Waals surface area contributed by atoms with Crippen LogP contribution in [-0.4, -0.2) is 19.1 Å². The van der Waals surface area contributed by atoms with E-state index in [2.05, 4.69) is 37.2 Å². The third-order valence-corrected chi connectivity index (χ3v) is 5.33. The smallest absolute Gasteiger partial charge is 0.262 e. The van der Waals surface area contributed by atoms with Crippen LogP contribution in [0.4, 0.5) is 5.69 Å². The van der Waals surface area contributed by atoms with E-state index in [4.69, 9.17) is 20.0 Å². The first kappa shape index (κ1) is 23.5. The Kier molecular flexibility index (Phi) is 8.46. The Balaban J connectivity index is 2.20. The molecule has 0 aliphatic carbocycles. The molecule has 2 aromatic carbocycles. The van der Waals surface area contributed by atoms with Crippen molar-refractivity contribution in [2.45, 2.75) is 20.8 Å². The van der Waals surface area contributed by atoms with Crippen molar-refractivity contribution >= 4 is 49.5 Å². The van der Waals surface area contributed by atoms with Crippen LogP contribution < -0.4 is 14.8 Å². The van der Waals surface area contributed by atoms with Crippen LogP contribution in [0.25, 0.3) is 6.08 Å². The number of nitriles is 2. The van der Waals surface area contributed by atoms with Crippen molar-refractivity contribution in [1.29, 1.82) is 10.5 Å². The Hall–Kier alpha value is -2.81. The SMILES string of the molecule is CCOc1cc(C=C(C#N)C#N)cc(Br)c1OCC(=O)Nc1cc(C)c(C)cc1Br. The minimum Gasteiger partial charge on any atom is -0.490 e. The summed E-state index contributed by atoms with van der Waals surface area (Å²) in [7, 11) is 0. The minimum absolute atomic E-state index is 0.0311. The third kappa shape index (κ3) is 6.09. The molecule has 0 saturated carbocycles. The molecule has 0 saturated heterocycles. The molecule has 0 bridgehead atoms. The Bertz CT molecular complexity index is 1070. The maximum Gasteiger partial charge on any atom is 0.262 e. The number of carbonyl (C=O) groups is 1. The summed E-state index contributed by atoms with van der Waals surface area (Å²) in [5.74, 6) is 0.431. The number of benzene rings is 2. The lowest BCUT2D eigenvalue weighted by Gasteiger charge is -2.15. The number of amides is 1.